The van der Waals surface area contributed by atoms with Crippen LogP contribution in [0.2, 0.25) is 0 Å². The number of anilines is 1. The van der Waals surface area contributed by atoms with Crippen LogP contribution in [0.4, 0.5) is 23.4 Å². The Bertz CT molecular complexity index is 425. The summed E-state index contributed by atoms with van der Waals surface area (Å²) in [6, 6.07) is 4.33. The number of carbonyl (C=O) groups excluding carboxylic acids is 1. The topological polar surface area (TPSA) is 54.0 Å². The third kappa shape index (κ3) is 3.57. The Hall–Kier alpha value is -1.86. The molecule has 0 unspecified atom stereocenters. The van der Waals surface area contributed by atoms with Gasteiger partial charge in [0.05, 0.1) is 6.54 Å². The molecule has 1 aromatic heterocycles. The first-order valence-electron chi connectivity index (χ1n) is 4.96. The number of hydrogen-bond acceptors (Lipinski definition) is 3. The third-order valence-electron chi connectivity index (χ3n) is 2.04. The largest absolute Gasteiger partial charge is 0.373 e. The van der Waals surface area contributed by atoms with E-state index in [4.69, 9.17) is 0 Å². The van der Waals surface area contributed by atoms with Crippen molar-refractivity contribution >= 4 is 11.7 Å². The summed E-state index contributed by atoms with van der Waals surface area (Å²) in [6.45, 7) is -1.44. The first-order chi connectivity index (χ1) is 8.36. The van der Waals surface area contributed by atoms with Gasteiger partial charge in [-0.05, 0) is 12.1 Å². The van der Waals surface area contributed by atoms with Crippen LogP contribution >= 0.6 is 0 Å². The van der Waals surface area contributed by atoms with Gasteiger partial charge in [0.2, 0.25) is 0 Å². The molecule has 100 valence electrons. The summed E-state index contributed by atoms with van der Waals surface area (Å²) in [5.74, 6) is -4.83. The molecule has 1 amide bonds. The number of hydrogen-bond donors (Lipinski definition) is 2. The first-order valence-corrected chi connectivity index (χ1v) is 4.96. The summed E-state index contributed by atoms with van der Waals surface area (Å²) in [5, 5.41) is 4.37. The molecular formula is C10H11F4N3O. The van der Waals surface area contributed by atoms with Gasteiger partial charge >= 0.3 is 12.3 Å². The summed E-state index contributed by atoms with van der Waals surface area (Å²) in [7, 11) is 1.56. The number of halogens is 4. The number of pyridine rings is 1. The van der Waals surface area contributed by atoms with E-state index >= 15 is 0 Å². The van der Waals surface area contributed by atoms with Gasteiger partial charge in [-0.25, -0.2) is 13.8 Å². The van der Waals surface area contributed by atoms with Crippen LogP contribution in [-0.2, 0) is 0 Å². The molecule has 0 aliphatic rings. The monoisotopic (exact) mass is 265 g/mol. The standard InChI is InChI=1S/C10H11F4N3O/c1-15-7-4-2-3-6(17-7)8(18)16-5-10(13,14)9(11)12/h2-4,9H,5H2,1H3,(H,15,17)(H,16,18). The smallest absolute Gasteiger partial charge is 0.324 e. The van der Waals surface area contributed by atoms with Gasteiger partial charge in [0.15, 0.2) is 0 Å². The molecule has 0 spiro atoms. The molecule has 0 aliphatic heterocycles. The predicted octanol–water partition coefficient (Wildman–Crippen LogP) is 1.75. The molecule has 8 heteroatoms. The molecule has 18 heavy (non-hydrogen) atoms. The fraction of sp³-hybridized carbons (Fsp3) is 0.400. The lowest BCUT2D eigenvalue weighted by atomic mass is 10.3. The zero-order valence-electron chi connectivity index (χ0n) is 9.38. The minimum Gasteiger partial charge on any atom is -0.373 e. The minimum atomic E-state index is -4.25. The highest BCUT2D eigenvalue weighted by atomic mass is 19.3. The lowest BCUT2D eigenvalue weighted by Crippen LogP contribution is -2.41. The molecule has 4 nitrogen and oxygen atoms in total. The van der Waals surface area contributed by atoms with Crippen LogP contribution in [0.3, 0.4) is 0 Å². The lowest BCUT2D eigenvalue weighted by molar-refractivity contribution is -0.123. The quantitative estimate of drug-likeness (QED) is 0.797. The molecule has 2 N–H and O–H groups in total. The average Bonchev–Trinajstić information content (AvgIpc) is 2.36. The summed E-state index contributed by atoms with van der Waals surface area (Å²) in [4.78, 5) is 15.2. The Morgan fingerprint density at radius 2 is 2.11 bits per heavy atom. The Kier molecular flexibility index (Phi) is 4.46. The second-order valence-electron chi connectivity index (χ2n) is 3.40. The number of aromatic nitrogens is 1. The molecule has 0 bridgehead atoms. The summed E-state index contributed by atoms with van der Waals surface area (Å²) in [6.07, 6.45) is -3.82. The van der Waals surface area contributed by atoms with Gasteiger partial charge in [0.25, 0.3) is 5.91 Å². The minimum absolute atomic E-state index is 0.132. The highest BCUT2D eigenvalue weighted by Crippen LogP contribution is 2.21. The zero-order chi connectivity index (χ0) is 13.8. The van der Waals surface area contributed by atoms with E-state index in [9.17, 15) is 22.4 Å². The van der Waals surface area contributed by atoms with Crippen molar-refractivity contribution in [1.29, 1.82) is 0 Å². The number of amides is 1. The second kappa shape index (κ2) is 5.65. The van der Waals surface area contributed by atoms with Crippen molar-refractivity contribution in [2.45, 2.75) is 12.3 Å². The Labute approximate surface area is 100 Å². The SMILES string of the molecule is CNc1cccc(C(=O)NCC(F)(F)C(F)F)n1. The average molecular weight is 265 g/mol. The molecule has 1 heterocycles. The van der Waals surface area contributed by atoms with Crippen molar-refractivity contribution in [1.82, 2.24) is 10.3 Å². The fourth-order valence-corrected chi connectivity index (χ4v) is 1.07. The van der Waals surface area contributed by atoms with Gasteiger partial charge in [-0.15, -0.1) is 0 Å². The molecule has 0 saturated heterocycles. The molecule has 0 radical (unpaired) electrons. The van der Waals surface area contributed by atoms with Gasteiger partial charge in [-0.1, -0.05) is 6.07 Å². The van der Waals surface area contributed by atoms with Crippen LogP contribution in [-0.4, -0.2) is 36.8 Å². The van der Waals surface area contributed by atoms with Crippen LogP contribution in [0, 0.1) is 0 Å². The van der Waals surface area contributed by atoms with E-state index in [-0.39, 0.29) is 5.69 Å². The van der Waals surface area contributed by atoms with Gasteiger partial charge < -0.3 is 10.6 Å². The molecule has 0 aromatic carbocycles. The highest BCUT2D eigenvalue weighted by molar-refractivity contribution is 5.92. The summed E-state index contributed by atoms with van der Waals surface area (Å²) >= 11 is 0. The Morgan fingerprint density at radius 1 is 1.44 bits per heavy atom. The number of alkyl halides is 4. The van der Waals surface area contributed by atoms with Crippen LogP contribution < -0.4 is 10.6 Å². The molecule has 1 aromatic rings. The van der Waals surface area contributed by atoms with Gasteiger partial charge in [-0.3, -0.25) is 4.79 Å². The molecule has 0 atom stereocenters. The maximum absolute atomic E-state index is 12.6. The normalized spacial score (nSPS) is 11.4. The molecule has 1 rings (SSSR count). The third-order valence-corrected chi connectivity index (χ3v) is 2.04. The highest BCUT2D eigenvalue weighted by Gasteiger charge is 2.40. The van der Waals surface area contributed by atoms with Crippen LogP contribution in [0.15, 0.2) is 18.2 Å². The van der Waals surface area contributed by atoms with Crippen LogP contribution in [0.5, 0.6) is 0 Å². The van der Waals surface area contributed by atoms with E-state index in [0.717, 1.165) is 0 Å². The van der Waals surface area contributed by atoms with Gasteiger partial charge in [-0.2, -0.15) is 8.78 Å². The Morgan fingerprint density at radius 3 is 2.67 bits per heavy atom. The zero-order valence-corrected chi connectivity index (χ0v) is 9.38. The summed E-state index contributed by atoms with van der Waals surface area (Å²) < 4.78 is 48.9. The van der Waals surface area contributed by atoms with E-state index < -0.39 is 24.8 Å². The number of carbonyl (C=O) groups is 1. The van der Waals surface area contributed by atoms with E-state index in [0.29, 0.717) is 5.82 Å². The molecule has 0 aliphatic carbocycles. The maximum atomic E-state index is 12.6. The predicted molar refractivity (Wildman–Crippen MR) is 57.1 cm³/mol. The molecular weight excluding hydrogens is 254 g/mol. The number of nitrogens with zero attached hydrogens (tertiary/aromatic N) is 1. The number of nitrogens with one attached hydrogen (secondary N) is 2. The Balaban J connectivity index is 2.66. The summed E-state index contributed by atoms with van der Waals surface area (Å²) in [5.41, 5.74) is -0.132. The molecule has 0 saturated carbocycles. The van der Waals surface area contributed by atoms with Crippen LogP contribution in [0.25, 0.3) is 0 Å². The lowest BCUT2D eigenvalue weighted by Gasteiger charge is -2.15. The van der Waals surface area contributed by atoms with Crippen molar-refractivity contribution in [2.75, 3.05) is 18.9 Å². The van der Waals surface area contributed by atoms with E-state index in [1.807, 2.05) is 0 Å². The van der Waals surface area contributed by atoms with Crippen molar-refractivity contribution in [3.05, 3.63) is 23.9 Å². The van der Waals surface area contributed by atoms with E-state index in [2.05, 4.69) is 10.3 Å². The fourth-order valence-electron chi connectivity index (χ4n) is 1.07. The first kappa shape index (κ1) is 14.2. The van der Waals surface area contributed by atoms with Gasteiger partial charge in [0.1, 0.15) is 11.5 Å². The second-order valence-corrected chi connectivity index (χ2v) is 3.40. The van der Waals surface area contributed by atoms with E-state index in [1.165, 1.54) is 12.1 Å². The van der Waals surface area contributed by atoms with E-state index in [1.54, 1.807) is 18.4 Å². The maximum Gasteiger partial charge on any atom is 0.324 e. The molecule has 0 fully saturated rings. The number of rotatable bonds is 5. The van der Waals surface area contributed by atoms with Gasteiger partial charge in [0, 0.05) is 7.05 Å². The van der Waals surface area contributed by atoms with Crippen molar-refractivity contribution in [2.24, 2.45) is 0 Å². The van der Waals surface area contributed by atoms with Crippen LogP contribution in [0.1, 0.15) is 10.5 Å². The van der Waals surface area contributed by atoms with Crippen molar-refractivity contribution in [3.63, 3.8) is 0 Å². The van der Waals surface area contributed by atoms with Crippen molar-refractivity contribution in [3.8, 4) is 0 Å². The van der Waals surface area contributed by atoms with Crippen molar-refractivity contribution < 1.29 is 22.4 Å².